The third kappa shape index (κ3) is 5.67. The molecule has 1 amide bonds. The summed E-state index contributed by atoms with van der Waals surface area (Å²) in [6, 6.07) is 25.0. The number of benzene rings is 4. The first kappa shape index (κ1) is 24.4. The minimum absolute atomic E-state index is 0.113. The third-order valence-electron chi connectivity index (χ3n) is 5.58. The second-order valence-electron chi connectivity index (χ2n) is 7.98. The van der Waals surface area contributed by atoms with Crippen LogP contribution in [0, 0.1) is 10.1 Å². The largest absolute Gasteiger partial charge is 0.482 e. The number of carbonyl (C=O) groups is 2. The van der Waals surface area contributed by atoms with Crippen LogP contribution in [0.5, 0.6) is 11.5 Å². The highest BCUT2D eigenvalue weighted by Crippen LogP contribution is 2.37. The molecule has 0 aromatic heterocycles. The molecule has 4 aromatic carbocycles. The predicted octanol–water partition coefficient (Wildman–Crippen LogP) is 5.35. The highest BCUT2D eigenvalue weighted by atomic mass is 16.6. The van der Waals surface area contributed by atoms with Crippen molar-refractivity contribution in [2.75, 3.05) is 6.61 Å². The molecule has 4 aromatic rings. The first-order valence-electron chi connectivity index (χ1n) is 11.4. The third-order valence-corrected chi connectivity index (χ3v) is 5.58. The van der Waals surface area contributed by atoms with Crippen LogP contribution in [0.15, 0.2) is 91.0 Å². The van der Waals surface area contributed by atoms with Gasteiger partial charge in [-0.2, -0.15) is 0 Å². The van der Waals surface area contributed by atoms with Crippen LogP contribution in [0.3, 0.4) is 0 Å². The maximum absolute atomic E-state index is 12.7. The van der Waals surface area contributed by atoms with Gasteiger partial charge in [-0.25, -0.2) is 4.79 Å². The molecule has 0 heterocycles. The van der Waals surface area contributed by atoms with Crippen LogP contribution in [-0.2, 0) is 9.59 Å². The summed E-state index contributed by atoms with van der Waals surface area (Å²) < 4.78 is 11.2. The van der Waals surface area contributed by atoms with Gasteiger partial charge in [0, 0.05) is 24.1 Å². The molecule has 8 nitrogen and oxygen atoms in total. The molecule has 0 saturated carbocycles. The van der Waals surface area contributed by atoms with Crippen LogP contribution in [-0.4, -0.2) is 23.4 Å². The number of fused-ring (bicyclic) bond motifs is 1. The lowest BCUT2D eigenvalue weighted by Crippen LogP contribution is -2.29. The number of para-hydroxylation sites is 1. The van der Waals surface area contributed by atoms with Crippen LogP contribution in [0.1, 0.15) is 30.5 Å². The zero-order chi connectivity index (χ0) is 25.5. The van der Waals surface area contributed by atoms with E-state index >= 15 is 0 Å². The highest BCUT2D eigenvalue weighted by molar-refractivity contribution is 5.90. The van der Waals surface area contributed by atoms with Gasteiger partial charge in [-0.15, -0.1) is 0 Å². The Bertz CT molecular complexity index is 1400. The van der Waals surface area contributed by atoms with Gasteiger partial charge in [0.1, 0.15) is 11.5 Å². The second kappa shape index (κ2) is 11.1. The van der Waals surface area contributed by atoms with Crippen molar-refractivity contribution < 1.29 is 24.0 Å². The molecule has 8 heteroatoms. The molecule has 0 fully saturated rings. The zero-order valence-corrected chi connectivity index (χ0v) is 19.5. The Kier molecular flexibility index (Phi) is 7.55. The number of nitrogens with zero attached hydrogens (tertiary/aromatic N) is 1. The molecule has 4 rings (SSSR count). The van der Waals surface area contributed by atoms with Crippen LogP contribution < -0.4 is 14.8 Å². The van der Waals surface area contributed by atoms with E-state index in [1.54, 1.807) is 49.4 Å². The summed E-state index contributed by atoms with van der Waals surface area (Å²) in [4.78, 5) is 36.2. The molecule has 0 aliphatic carbocycles. The van der Waals surface area contributed by atoms with Gasteiger partial charge in [0.2, 0.25) is 5.91 Å². The zero-order valence-electron chi connectivity index (χ0n) is 19.5. The van der Waals surface area contributed by atoms with Gasteiger partial charge in [0.25, 0.3) is 5.69 Å². The minimum atomic E-state index is -0.804. The van der Waals surface area contributed by atoms with Gasteiger partial charge >= 0.3 is 5.97 Å². The van der Waals surface area contributed by atoms with Crippen molar-refractivity contribution in [1.29, 1.82) is 0 Å². The van der Waals surface area contributed by atoms with E-state index in [9.17, 15) is 19.7 Å². The van der Waals surface area contributed by atoms with E-state index in [0.29, 0.717) is 16.9 Å². The number of nitro groups is 1. The van der Waals surface area contributed by atoms with Crippen LogP contribution in [0.4, 0.5) is 5.69 Å². The van der Waals surface area contributed by atoms with Gasteiger partial charge in [-0.1, -0.05) is 67.6 Å². The van der Waals surface area contributed by atoms with E-state index < -0.39 is 16.9 Å². The maximum atomic E-state index is 12.7. The summed E-state index contributed by atoms with van der Waals surface area (Å²) in [5, 5.41) is 16.0. The van der Waals surface area contributed by atoms with E-state index in [-0.39, 0.29) is 30.4 Å². The number of hydrogen-bond acceptors (Lipinski definition) is 6. The van der Waals surface area contributed by atoms with Crippen molar-refractivity contribution in [1.82, 2.24) is 5.32 Å². The predicted molar refractivity (Wildman–Crippen MR) is 135 cm³/mol. The number of hydrogen-bond donors (Lipinski definition) is 1. The van der Waals surface area contributed by atoms with Crippen LogP contribution in [0.2, 0.25) is 0 Å². The minimum Gasteiger partial charge on any atom is -0.482 e. The summed E-state index contributed by atoms with van der Waals surface area (Å²) in [6.07, 6.45) is 0.205. The molecule has 0 unspecified atom stereocenters. The Morgan fingerprint density at radius 2 is 1.69 bits per heavy atom. The molecule has 36 heavy (non-hydrogen) atoms. The average Bonchev–Trinajstić information content (AvgIpc) is 2.91. The number of esters is 1. The van der Waals surface area contributed by atoms with E-state index in [1.165, 1.54) is 12.1 Å². The van der Waals surface area contributed by atoms with Crippen LogP contribution >= 0.6 is 0 Å². The van der Waals surface area contributed by atoms with Crippen molar-refractivity contribution in [2.24, 2.45) is 0 Å². The van der Waals surface area contributed by atoms with Gasteiger partial charge in [-0.05, 0) is 34.5 Å². The van der Waals surface area contributed by atoms with Crippen molar-refractivity contribution in [3.8, 4) is 11.5 Å². The highest BCUT2D eigenvalue weighted by Gasteiger charge is 2.25. The van der Waals surface area contributed by atoms with E-state index in [1.807, 2.05) is 36.4 Å². The number of amides is 1. The lowest BCUT2D eigenvalue weighted by atomic mass is 9.92. The lowest BCUT2D eigenvalue weighted by molar-refractivity contribution is -0.384. The molecular weight excluding hydrogens is 460 g/mol. The number of nitro benzene ring substituents is 1. The fraction of sp³-hybridized carbons (Fsp3) is 0.143. The quantitative estimate of drug-likeness (QED) is 0.149. The SMILES string of the molecule is CCC(=O)N[C@@H](c1cccc([N+](=O)[O-])c1)c1c(OC(=O)COc2ccccc2)ccc2ccccc12. The number of non-ortho nitro benzene ring substituents is 1. The van der Waals surface area contributed by atoms with Crippen molar-refractivity contribution in [3.05, 3.63) is 112 Å². The number of rotatable bonds is 9. The average molecular weight is 485 g/mol. The molecule has 1 atom stereocenters. The van der Waals surface area contributed by atoms with Crippen molar-refractivity contribution in [2.45, 2.75) is 19.4 Å². The standard InChI is InChI=1S/C28H24N2O6/c1-2-25(31)29-28(20-10-8-11-21(17-20)30(33)34)27-23-14-7-6-9-19(23)15-16-24(27)36-26(32)18-35-22-12-4-3-5-13-22/h3-17,28H,2,18H2,1H3,(H,29,31)/t28-/m0/s1. The first-order chi connectivity index (χ1) is 17.5. The summed E-state index contributed by atoms with van der Waals surface area (Å²) in [5.41, 5.74) is 0.891. The Labute approximate surface area is 207 Å². The molecule has 0 bridgehead atoms. The fourth-order valence-electron chi connectivity index (χ4n) is 3.88. The summed E-state index contributed by atoms with van der Waals surface area (Å²) in [7, 11) is 0. The van der Waals surface area contributed by atoms with Crippen molar-refractivity contribution in [3.63, 3.8) is 0 Å². The number of ether oxygens (including phenoxy) is 2. The van der Waals surface area contributed by atoms with Gasteiger partial charge in [-0.3, -0.25) is 14.9 Å². The van der Waals surface area contributed by atoms with E-state index in [4.69, 9.17) is 9.47 Å². The lowest BCUT2D eigenvalue weighted by Gasteiger charge is -2.24. The molecule has 0 radical (unpaired) electrons. The number of nitrogens with one attached hydrogen (secondary N) is 1. The van der Waals surface area contributed by atoms with Gasteiger partial charge in [0.05, 0.1) is 11.0 Å². The maximum Gasteiger partial charge on any atom is 0.349 e. The molecule has 182 valence electrons. The summed E-state index contributed by atoms with van der Waals surface area (Å²) in [5.74, 6) is -0.139. The van der Waals surface area contributed by atoms with E-state index in [0.717, 1.165) is 10.8 Å². The summed E-state index contributed by atoms with van der Waals surface area (Å²) >= 11 is 0. The Balaban J connectivity index is 1.77. The topological polar surface area (TPSA) is 108 Å². The summed E-state index contributed by atoms with van der Waals surface area (Å²) in [6.45, 7) is 1.39. The molecular formula is C28H24N2O6. The van der Waals surface area contributed by atoms with Crippen molar-refractivity contribution >= 4 is 28.3 Å². The molecule has 0 aliphatic heterocycles. The normalized spacial score (nSPS) is 11.5. The molecule has 0 saturated heterocycles. The fourth-order valence-corrected chi connectivity index (χ4v) is 3.88. The Hall–Kier alpha value is -4.72. The molecule has 1 N–H and O–H groups in total. The smallest absolute Gasteiger partial charge is 0.349 e. The molecule has 0 aliphatic rings. The van der Waals surface area contributed by atoms with Gasteiger partial charge in [0.15, 0.2) is 6.61 Å². The molecule has 0 spiro atoms. The Morgan fingerprint density at radius 1 is 0.944 bits per heavy atom. The Morgan fingerprint density at radius 3 is 2.44 bits per heavy atom. The van der Waals surface area contributed by atoms with Crippen LogP contribution in [0.25, 0.3) is 10.8 Å². The monoisotopic (exact) mass is 484 g/mol. The first-order valence-corrected chi connectivity index (χ1v) is 11.4. The number of carbonyl (C=O) groups excluding carboxylic acids is 2. The second-order valence-corrected chi connectivity index (χ2v) is 7.98. The van der Waals surface area contributed by atoms with Gasteiger partial charge < -0.3 is 14.8 Å². The van der Waals surface area contributed by atoms with E-state index in [2.05, 4.69) is 5.32 Å².